The highest BCUT2D eigenvalue weighted by Gasteiger charge is 2.53. The highest BCUT2D eigenvalue weighted by molar-refractivity contribution is 5.71. The molecule has 4 atom stereocenters. The van der Waals surface area contributed by atoms with E-state index in [0.717, 1.165) is 51.2 Å². The summed E-state index contributed by atoms with van der Waals surface area (Å²) < 4.78 is 0. The van der Waals surface area contributed by atoms with Crippen LogP contribution >= 0.6 is 0 Å². The topological polar surface area (TPSA) is 37.3 Å². The Labute approximate surface area is 123 Å². The van der Waals surface area contributed by atoms with Crippen LogP contribution in [0.1, 0.15) is 58.8 Å². The number of carbonyl (C=O) groups is 1. The van der Waals surface area contributed by atoms with Gasteiger partial charge in [0, 0.05) is 0 Å². The molecule has 0 aromatic carbocycles. The third-order valence-corrected chi connectivity index (χ3v) is 5.91. The third-order valence-electron chi connectivity index (χ3n) is 5.91. The lowest BCUT2D eigenvalue weighted by Crippen LogP contribution is -2.53. The molecule has 0 spiro atoms. The summed E-state index contributed by atoms with van der Waals surface area (Å²) in [5.74, 6) is 0.758. The van der Waals surface area contributed by atoms with Crippen LogP contribution in [-0.4, -0.2) is 17.0 Å². The van der Waals surface area contributed by atoms with Crippen molar-refractivity contribution < 1.29 is 9.90 Å². The fourth-order valence-corrected chi connectivity index (χ4v) is 4.84. The van der Waals surface area contributed by atoms with Crippen molar-refractivity contribution in [2.24, 2.45) is 17.3 Å². The van der Waals surface area contributed by atoms with E-state index in [2.05, 4.69) is 20.1 Å². The second-order valence-electron chi connectivity index (χ2n) is 7.33. The lowest BCUT2D eigenvalue weighted by atomic mass is 9.49. The SMILES string of the molecule is C=C(C=O)CC[C@H]1C(=C)CC[C@@H]2[C@]1(C)CCC[C@@]2(C)O. The summed E-state index contributed by atoms with van der Waals surface area (Å²) in [6.45, 7) is 12.4. The second kappa shape index (κ2) is 5.48. The van der Waals surface area contributed by atoms with Gasteiger partial charge in [0.25, 0.3) is 0 Å². The molecule has 2 saturated carbocycles. The molecule has 0 heterocycles. The van der Waals surface area contributed by atoms with Crippen LogP contribution in [0, 0.1) is 17.3 Å². The Morgan fingerprint density at radius 1 is 1.45 bits per heavy atom. The van der Waals surface area contributed by atoms with Gasteiger partial charge in [-0.15, -0.1) is 0 Å². The average molecular weight is 276 g/mol. The number of hydrogen-bond acceptors (Lipinski definition) is 2. The van der Waals surface area contributed by atoms with E-state index in [0.29, 0.717) is 17.4 Å². The Hall–Kier alpha value is -0.890. The van der Waals surface area contributed by atoms with E-state index in [1.54, 1.807) is 0 Å². The van der Waals surface area contributed by atoms with Crippen LogP contribution in [-0.2, 0) is 4.79 Å². The van der Waals surface area contributed by atoms with Gasteiger partial charge in [-0.3, -0.25) is 4.79 Å². The van der Waals surface area contributed by atoms with Gasteiger partial charge in [0.1, 0.15) is 6.29 Å². The quantitative estimate of drug-likeness (QED) is 0.478. The van der Waals surface area contributed by atoms with Crippen molar-refractivity contribution in [1.29, 1.82) is 0 Å². The number of hydrogen-bond donors (Lipinski definition) is 1. The molecule has 0 aromatic rings. The summed E-state index contributed by atoms with van der Waals surface area (Å²) in [5.41, 5.74) is 1.56. The number of carbonyl (C=O) groups excluding carboxylic acids is 1. The van der Waals surface area contributed by atoms with Crippen molar-refractivity contribution in [1.82, 2.24) is 0 Å². The number of allylic oxidation sites excluding steroid dienone is 2. The van der Waals surface area contributed by atoms with E-state index >= 15 is 0 Å². The average Bonchev–Trinajstić information content (AvgIpc) is 2.36. The molecule has 2 aliphatic rings. The molecule has 0 saturated heterocycles. The van der Waals surface area contributed by atoms with Crippen LogP contribution in [0.3, 0.4) is 0 Å². The number of aldehydes is 1. The first-order valence-electron chi connectivity index (χ1n) is 7.84. The van der Waals surface area contributed by atoms with Crippen LogP contribution in [0.2, 0.25) is 0 Å². The predicted octanol–water partition coefficient (Wildman–Crippen LogP) is 4.05. The summed E-state index contributed by atoms with van der Waals surface area (Å²) in [6, 6.07) is 0. The first kappa shape index (κ1) is 15.5. The zero-order chi connectivity index (χ0) is 15.0. The Kier molecular flexibility index (Phi) is 4.24. The molecule has 2 fully saturated rings. The van der Waals surface area contributed by atoms with Crippen molar-refractivity contribution in [3.8, 4) is 0 Å². The Morgan fingerprint density at radius 3 is 2.80 bits per heavy atom. The van der Waals surface area contributed by atoms with Crippen LogP contribution in [0.5, 0.6) is 0 Å². The molecule has 0 aliphatic heterocycles. The maximum Gasteiger partial charge on any atom is 0.145 e. The van der Waals surface area contributed by atoms with E-state index in [1.165, 1.54) is 5.57 Å². The molecular formula is C18H28O2. The number of aliphatic hydroxyl groups is 1. The largest absolute Gasteiger partial charge is 0.390 e. The van der Waals surface area contributed by atoms with Gasteiger partial charge in [0.15, 0.2) is 0 Å². The number of rotatable bonds is 4. The van der Waals surface area contributed by atoms with Crippen molar-refractivity contribution in [3.63, 3.8) is 0 Å². The van der Waals surface area contributed by atoms with Crippen LogP contribution in [0.4, 0.5) is 0 Å². The van der Waals surface area contributed by atoms with Crippen LogP contribution < -0.4 is 0 Å². The van der Waals surface area contributed by atoms with Crippen molar-refractivity contribution in [3.05, 3.63) is 24.3 Å². The van der Waals surface area contributed by atoms with Gasteiger partial charge >= 0.3 is 0 Å². The summed E-state index contributed by atoms with van der Waals surface area (Å²) >= 11 is 0. The molecule has 2 heteroatoms. The molecule has 20 heavy (non-hydrogen) atoms. The molecule has 0 aromatic heterocycles. The van der Waals surface area contributed by atoms with Crippen molar-refractivity contribution >= 4 is 6.29 Å². The van der Waals surface area contributed by atoms with E-state index in [9.17, 15) is 9.90 Å². The minimum Gasteiger partial charge on any atom is -0.390 e. The first-order valence-corrected chi connectivity index (χ1v) is 7.84. The summed E-state index contributed by atoms with van der Waals surface area (Å²) in [5, 5.41) is 10.8. The molecule has 0 radical (unpaired) electrons. The fourth-order valence-electron chi connectivity index (χ4n) is 4.84. The van der Waals surface area contributed by atoms with E-state index in [-0.39, 0.29) is 5.41 Å². The van der Waals surface area contributed by atoms with E-state index in [4.69, 9.17) is 0 Å². The molecule has 1 N–H and O–H groups in total. The molecule has 112 valence electrons. The Bertz CT molecular complexity index is 421. The molecule has 2 nitrogen and oxygen atoms in total. The zero-order valence-electron chi connectivity index (χ0n) is 13.0. The Morgan fingerprint density at radius 2 is 2.15 bits per heavy atom. The molecular weight excluding hydrogens is 248 g/mol. The highest BCUT2D eigenvalue weighted by Crippen LogP contribution is 2.59. The van der Waals surface area contributed by atoms with Gasteiger partial charge in [0.05, 0.1) is 5.60 Å². The molecule has 0 unspecified atom stereocenters. The molecule has 2 rings (SSSR count). The van der Waals surface area contributed by atoms with E-state index in [1.807, 2.05) is 6.92 Å². The number of fused-ring (bicyclic) bond motifs is 1. The standard InChI is InChI=1S/C18H28O2/c1-13(12-19)6-8-15-14(2)7-9-16-17(15,3)10-5-11-18(16,4)20/h12,15-16,20H,1-2,5-11H2,3-4H3/t15-,16+,17+,18+/m0/s1. The predicted molar refractivity (Wildman–Crippen MR) is 82.4 cm³/mol. The van der Waals surface area contributed by atoms with Gasteiger partial charge in [-0.2, -0.15) is 0 Å². The summed E-state index contributed by atoms with van der Waals surface area (Å²) in [4.78, 5) is 10.8. The van der Waals surface area contributed by atoms with Crippen LogP contribution in [0.25, 0.3) is 0 Å². The molecule has 0 amide bonds. The van der Waals surface area contributed by atoms with Gasteiger partial charge in [0.2, 0.25) is 0 Å². The second-order valence-corrected chi connectivity index (χ2v) is 7.33. The third kappa shape index (κ3) is 2.63. The van der Waals surface area contributed by atoms with Crippen molar-refractivity contribution in [2.45, 2.75) is 64.4 Å². The lowest BCUT2D eigenvalue weighted by Gasteiger charge is -2.57. The van der Waals surface area contributed by atoms with Crippen molar-refractivity contribution in [2.75, 3.05) is 0 Å². The maximum absolute atomic E-state index is 10.8. The van der Waals surface area contributed by atoms with Gasteiger partial charge in [-0.1, -0.05) is 32.1 Å². The van der Waals surface area contributed by atoms with Gasteiger partial charge in [-0.25, -0.2) is 0 Å². The highest BCUT2D eigenvalue weighted by atomic mass is 16.3. The minimum absolute atomic E-state index is 0.125. The van der Waals surface area contributed by atoms with Crippen LogP contribution in [0.15, 0.2) is 24.3 Å². The maximum atomic E-state index is 10.8. The van der Waals surface area contributed by atoms with Gasteiger partial charge in [-0.05, 0) is 68.3 Å². The molecule has 2 aliphatic carbocycles. The summed E-state index contributed by atoms with van der Waals surface area (Å²) in [6.07, 6.45) is 7.76. The smallest absolute Gasteiger partial charge is 0.145 e. The van der Waals surface area contributed by atoms with Gasteiger partial charge < -0.3 is 5.11 Å². The lowest BCUT2D eigenvalue weighted by molar-refractivity contribution is -0.125. The molecule has 0 bridgehead atoms. The Balaban J connectivity index is 2.22. The monoisotopic (exact) mass is 276 g/mol. The fraction of sp³-hybridized carbons (Fsp3) is 0.722. The first-order chi connectivity index (χ1) is 9.31. The van der Waals surface area contributed by atoms with E-state index < -0.39 is 5.60 Å². The normalized spacial score (nSPS) is 41.0. The summed E-state index contributed by atoms with van der Waals surface area (Å²) in [7, 11) is 0. The minimum atomic E-state index is -0.548. The zero-order valence-corrected chi connectivity index (χ0v) is 13.0.